The second-order valence-corrected chi connectivity index (χ2v) is 5.21. The van der Waals surface area contributed by atoms with Crippen molar-refractivity contribution in [1.29, 1.82) is 0 Å². The van der Waals surface area contributed by atoms with Gasteiger partial charge in [-0.15, -0.1) is 0 Å². The molecule has 0 radical (unpaired) electrons. The van der Waals surface area contributed by atoms with E-state index in [2.05, 4.69) is 18.3 Å². The topological polar surface area (TPSA) is 55.1 Å². The molecule has 0 bridgehead atoms. The van der Waals surface area contributed by atoms with Crippen LogP contribution in [-0.4, -0.2) is 5.91 Å². The predicted molar refractivity (Wildman–Crippen MR) is 87.2 cm³/mol. The average Bonchev–Trinajstić information content (AvgIpc) is 2.50. The molecule has 1 amide bonds. The van der Waals surface area contributed by atoms with Gasteiger partial charge in [0.15, 0.2) is 0 Å². The van der Waals surface area contributed by atoms with Gasteiger partial charge in [-0.2, -0.15) is 0 Å². The Hall–Kier alpha value is -2.13. The number of carbonyl (C=O) groups is 1. The molecule has 0 unspecified atom stereocenters. The van der Waals surface area contributed by atoms with Crippen LogP contribution in [0.3, 0.4) is 0 Å². The molecule has 0 aliphatic rings. The zero-order valence-electron chi connectivity index (χ0n) is 12.6. The second-order valence-electron chi connectivity index (χ2n) is 5.21. The van der Waals surface area contributed by atoms with E-state index in [1.807, 2.05) is 43.3 Å². The molecule has 110 valence electrons. The molecule has 2 rings (SSSR count). The van der Waals surface area contributed by atoms with Crippen LogP contribution < -0.4 is 11.1 Å². The molecule has 0 heterocycles. The van der Waals surface area contributed by atoms with Crippen molar-refractivity contribution in [3.8, 4) is 0 Å². The van der Waals surface area contributed by atoms with Gasteiger partial charge in [-0.05, 0) is 35.6 Å². The van der Waals surface area contributed by atoms with Crippen LogP contribution in [0.5, 0.6) is 0 Å². The number of benzene rings is 2. The normalized spacial score (nSPS) is 10.4. The smallest absolute Gasteiger partial charge is 0.228 e. The molecule has 3 nitrogen and oxygen atoms in total. The maximum Gasteiger partial charge on any atom is 0.228 e. The molecule has 21 heavy (non-hydrogen) atoms. The van der Waals surface area contributed by atoms with Crippen molar-refractivity contribution >= 4 is 11.6 Å². The van der Waals surface area contributed by atoms with Crippen molar-refractivity contribution in [2.75, 3.05) is 5.32 Å². The lowest BCUT2D eigenvalue weighted by Crippen LogP contribution is -2.16. The number of anilines is 1. The Labute approximate surface area is 126 Å². The van der Waals surface area contributed by atoms with Crippen LogP contribution in [0, 0.1) is 6.92 Å². The molecular weight excluding hydrogens is 260 g/mol. The predicted octanol–water partition coefficient (Wildman–Crippen LogP) is 3.20. The molecule has 0 saturated carbocycles. The highest BCUT2D eigenvalue weighted by Crippen LogP contribution is 2.21. The van der Waals surface area contributed by atoms with E-state index in [4.69, 9.17) is 5.73 Å². The molecule has 0 aliphatic carbocycles. The molecule has 0 fully saturated rings. The van der Waals surface area contributed by atoms with Gasteiger partial charge < -0.3 is 11.1 Å². The summed E-state index contributed by atoms with van der Waals surface area (Å²) in [6, 6.07) is 13.9. The van der Waals surface area contributed by atoms with Crippen LogP contribution in [0.25, 0.3) is 0 Å². The SMILES string of the molecule is CCc1cccc(C)c1NC(=O)Cc1ccc(CN)cc1. The van der Waals surface area contributed by atoms with E-state index >= 15 is 0 Å². The van der Waals surface area contributed by atoms with Crippen LogP contribution in [-0.2, 0) is 24.2 Å². The first-order valence-corrected chi connectivity index (χ1v) is 7.30. The van der Waals surface area contributed by atoms with Crippen molar-refractivity contribution in [3.63, 3.8) is 0 Å². The fraction of sp³-hybridized carbons (Fsp3) is 0.278. The molecule has 0 aliphatic heterocycles. The molecule has 2 aromatic rings. The van der Waals surface area contributed by atoms with Crippen LogP contribution in [0.2, 0.25) is 0 Å². The van der Waals surface area contributed by atoms with Crippen molar-refractivity contribution in [2.24, 2.45) is 5.73 Å². The van der Waals surface area contributed by atoms with E-state index < -0.39 is 0 Å². The van der Waals surface area contributed by atoms with Crippen molar-refractivity contribution in [3.05, 3.63) is 64.7 Å². The standard InChI is InChI=1S/C18H22N2O/c1-3-16-6-4-5-13(2)18(16)20-17(21)11-14-7-9-15(12-19)10-8-14/h4-10H,3,11-12,19H2,1-2H3,(H,20,21). The van der Waals surface area contributed by atoms with E-state index in [0.717, 1.165) is 28.8 Å². The number of hydrogen-bond acceptors (Lipinski definition) is 2. The number of nitrogens with one attached hydrogen (secondary N) is 1. The minimum atomic E-state index is 0.0134. The van der Waals surface area contributed by atoms with Gasteiger partial charge in [0.05, 0.1) is 6.42 Å². The number of para-hydroxylation sites is 1. The third kappa shape index (κ3) is 3.92. The Bertz CT molecular complexity index is 618. The van der Waals surface area contributed by atoms with Crippen LogP contribution >= 0.6 is 0 Å². The Morgan fingerprint density at radius 1 is 1.10 bits per heavy atom. The van der Waals surface area contributed by atoms with Crippen molar-refractivity contribution < 1.29 is 4.79 Å². The summed E-state index contributed by atoms with van der Waals surface area (Å²) in [5, 5.41) is 3.04. The summed E-state index contributed by atoms with van der Waals surface area (Å²) in [6.45, 7) is 4.64. The maximum atomic E-state index is 12.2. The van der Waals surface area contributed by atoms with Gasteiger partial charge in [0.2, 0.25) is 5.91 Å². The fourth-order valence-electron chi connectivity index (χ4n) is 2.36. The summed E-state index contributed by atoms with van der Waals surface area (Å²) in [4.78, 5) is 12.2. The average molecular weight is 282 g/mol. The molecule has 0 saturated heterocycles. The van der Waals surface area contributed by atoms with Gasteiger partial charge in [-0.1, -0.05) is 49.4 Å². The fourth-order valence-corrected chi connectivity index (χ4v) is 2.36. The summed E-state index contributed by atoms with van der Waals surface area (Å²) in [5.74, 6) is 0.0134. The van der Waals surface area contributed by atoms with E-state index in [1.165, 1.54) is 5.56 Å². The number of nitrogens with two attached hydrogens (primary N) is 1. The molecule has 2 aromatic carbocycles. The Balaban J connectivity index is 2.08. The minimum Gasteiger partial charge on any atom is -0.326 e. The van der Waals surface area contributed by atoms with Gasteiger partial charge in [0.1, 0.15) is 0 Å². The monoisotopic (exact) mass is 282 g/mol. The van der Waals surface area contributed by atoms with E-state index in [9.17, 15) is 4.79 Å². The van der Waals surface area contributed by atoms with E-state index in [-0.39, 0.29) is 5.91 Å². The summed E-state index contributed by atoms with van der Waals surface area (Å²) < 4.78 is 0. The zero-order valence-corrected chi connectivity index (χ0v) is 12.6. The molecule has 3 heteroatoms. The highest BCUT2D eigenvalue weighted by atomic mass is 16.1. The summed E-state index contributed by atoms with van der Waals surface area (Å²) in [7, 11) is 0. The molecule has 0 aromatic heterocycles. The molecule has 0 spiro atoms. The first-order valence-electron chi connectivity index (χ1n) is 7.30. The number of aryl methyl sites for hydroxylation is 2. The number of carbonyl (C=O) groups excluding carboxylic acids is 1. The van der Waals surface area contributed by atoms with Crippen molar-refractivity contribution in [1.82, 2.24) is 0 Å². The molecule has 0 atom stereocenters. The van der Waals surface area contributed by atoms with E-state index in [0.29, 0.717) is 13.0 Å². The first-order chi connectivity index (χ1) is 10.1. The van der Waals surface area contributed by atoms with Crippen LogP contribution in [0.4, 0.5) is 5.69 Å². The summed E-state index contributed by atoms with van der Waals surface area (Å²) >= 11 is 0. The lowest BCUT2D eigenvalue weighted by Gasteiger charge is -2.13. The number of rotatable bonds is 5. The maximum absolute atomic E-state index is 12.2. The van der Waals surface area contributed by atoms with E-state index in [1.54, 1.807) is 0 Å². The van der Waals surface area contributed by atoms with Gasteiger partial charge in [-0.3, -0.25) is 4.79 Å². The zero-order chi connectivity index (χ0) is 15.2. The van der Waals surface area contributed by atoms with Crippen LogP contribution in [0.15, 0.2) is 42.5 Å². The highest BCUT2D eigenvalue weighted by molar-refractivity contribution is 5.93. The lowest BCUT2D eigenvalue weighted by molar-refractivity contribution is -0.115. The molecule has 3 N–H and O–H groups in total. The molecular formula is C18H22N2O. The van der Waals surface area contributed by atoms with Gasteiger partial charge in [0, 0.05) is 12.2 Å². The van der Waals surface area contributed by atoms with Crippen molar-refractivity contribution in [2.45, 2.75) is 33.2 Å². The Morgan fingerprint density at radius 2 is 1.76 bits per heavy atom. The summed E-state index contributed by atoms with van der Waals surface area (Å²) in [5.41, 5.74) is 10.9. The lowest BCUT2D eigenvalue weighted by atomic mass is 10.0. The van der Waals surface area contributed by atoms with Gasteiger partial charge in [0.25, 0.3) is 0 Å². The third-order valence-electron chi connectivity index (χ3n) is 3.63. The minimum absolute atomic E-state index is 0.0134. The Morgan fingerprint density at radius 3 is 2.38 bits per heavy atom. The third-order valence-corrected chi connectivity index (χ3v) is 3.63. The first kappa shape index (κ1) is 15.3. The summed E-state index contributed by atoms with van der Waals surface area (Å²) in [6.07, 6.45) is 1.28. The van der Waals surface area contributed by atoms with Crippen LogP contribution in [0.1, 0.15) is 29.2 Å². The Kier molecular flexibility index (Phi) is 5.12. The second kappa shape index (κ2) is 7.04. The number of amides is 1. The van der Waals surface area contributed by atoms with Gasteiger partial charge >= 0.3 is 0 Å². The highest BCUT2D eigenvalue weighted by Gasteiger charge is 2.09. The van der Waals surface area contributed by atoms with Gasteiger partial charge in [-0.25, -0.2) is 0 Å². The quantitative estimate of drug-likeness (QED) is 0.885. The number of hydrogen-bond donors (Lipinski definition) is 2. The largest absolute Gasteiger partial charge is 0.326 e.